The summed E-state index contributed by atoms with van der Waals surface area (Å²) in [4.78, 5) is 24.3. The van der Waals surface area contributed by atoms with Crippen LogP contribution in [-0.4, -0.2) is 18.0 Å². The minimum atomic E-state index is -0.443. The van der Waals surface area contributed by atoms with Crippen LogP contribution in [0.3, 0.4) is 0 Å². The van der Waals surface area contributed by atoms with Crippen LogP contribution in [0.25, 0.3) is 0 Å². The van der Waals surface area contributed by atoms with Crippen LogP contribution >= 0.6 is 0 Å². The predicted octanol–water partition coefficient (Wildman–Crippen LogP) is 4.18. The molecule has 4 rings (SSSR count). The second kappa shape index (κ2) is 5.73. The van der Waals surface area contributed by atoms with Crippen LogP contribution in [0.4, 0.5) is 0 Å². The van der Waals surface area contributed by atoms with Crippen molar-refractivity contribution in [2.45, 2.75) is 40.2 Å². The first-order chi connectivity index (χ1) is 12.3. The Hall–Kier alpha value is -2.56. The van der Waals surface area contributed by atoms with E-state index >= 15 is 0 Å². The number of allylic oxidation sites excluding steroid dienone is 3. The highest BCUT2D eigenvalue weighted by Gasteiger charge is 2.52. The number of carbonyl (C=O) groups is 2. The predicted molar refractivity (Wildman–Crippen MR) is 93.9 cm³/mol. The van der Waals surface area contributed by atoms with Gasteiger partial charge >= 0.3 is 11.9 Å². The number of hydrogen-bond donors (Lipinski definition) is 0. The zero-order valence-corrected chi connectivity index (χ0v) is 15.4. The molecule has 1 aromatic rings. The summed E-state index contributed by atoms with van der Waals surface area (Å²) < 4.78 is 16.3. The van der Waals surface area contributed by atoms with Gasteiger partial charge in [-0.25, -0.2) is 9.59 Å². The van der Waals surface area contributed by atoms with Gasteiger partial charge in [0.1, 0.15) is 11.9 Å². The largest absolute Gasteiger partial charge is 0.457 e. The van der Waals surface area contributed by atoms with E-state index in [2.05, 4.69) is 26.8 Å². The van der Waals surface area contributed by atoms with Crippen molar-refractivity contribution >= 4 is 11.9 Å². The van der Waals surface area contributed by atoms with Crippen molar-refractivity contribution in [2.75, 3.05) is 0 Å². The number of esters is 2. The molecule has 26 heavy (non-hydrogen) atoms. The Kier molecular flexibility index (Phi) is 3.72. The van der Waals surface area contributed by atoms with E-state index in [0.717, 1.165) is 11.1 Å². The van der Waals surface area contributed by atoms with Gasteiger partial charge in [0.05, 0.1) is 6.26 Å². The summed E-state index contributed by atoms with van der Waals surface area (Å²) in [5.41, 5.74) is 2.54. The molecule has 5 heteroatoms. The molecule has 1 aliphatic heterocycles. The lowest BCUT2D eigenvalue weighted by Gasteiger charge is -2.50. The molecular formula is C21H22O5. The molecular weight excluding hydrogens is 332 g/mol. The molecule has 5 nitrogen and oxygen atoms in total. The fourth-order valence-electron chi connectivity index (χ4n) is 4.53. The Morgan fingerprint density at radius 2 is 2.12 bits per heavy atom. The lowest BCUT2D eigenvalue weighted by molar-refractivity contribution is -0.133. The van der Waals surface area contributed by atoms with Gasteiger partial charge in [-0.1, -0.05) is 26.8 Å². The number of hydrogen-bond acceptors (Lipinski definition) is 5. The smallest absolute Gasteiger partial charge is 0.374 e. The lowest BCUT2D eigenvalue weighted by Crippen LogP contribution is -2.46. The first-order valence-corrected chi connectivity index (χ1v) is 8.94. The highest BCUT2D eigenvalue weighted by molar-refractivity contribution is 5.94. The Morgan fingerprint density at radius 3 is 2.81 bits per heavy atom. The number of fused-ring (bicyclic) bond motifs is 2. The molecule has 0 fully saturated rings. The quantitative estimate of drug-likeness (QED) is 0.745. The SMILES string of the molecule is CC1=C2C(=CC3=CC[C@H](OC(=O)c4ccco4)[C@H](C)[C@@]3(C)[C@H]2C)OC1=O. The highest BCUT2D eigenvalue weighted by Crippen LogP contribution is 2.57. The van der Waals surface area contributed by atoms with E-state index in [4.69, 9.17) is 13.9 Å². The van der Waals surface area contributed by atoms with Crippen LogP contribution in [0.1, 0.15) is 44.7 Å². The molecule has 2 aliphatic carbocycles. The van der Waals surface area contributed by atoms with Crippen LogP contribution in [-0.2, 0) is 14.3 Å². The zero-order valence-electron chi connectivity index (χ0n) is 15.4. The van der Waals surface area contributed by atoms with Crippen LogP contribution in [0.2, 0.25) is 0 Å². The van der Waals surface area contributed by atoms with Crippen LogP contribution in [0.5, 0.6) is 0 Å². The zero-order chi connectivity index (χ0) is 18.6. The Balaban J connectivity index is 1.68. The van der Waals surface area contributed by atoms with E-state index in [1.165, 1.54) is 6.26 Å². The number of ether oxygens (including phenoxy) is 2. The average Bonchev–Trinajstić information content (AvgIpc) is 3.23. The van der Waals surface area contributed by atoms with E-state index in [1.54, 1.807) is 12.1 Å². The lowest BCUT2D eigenvalue weighted by atomic mass is 9.55. The summed E-state index contributed by atoms with van der Waals surface area (Å²) in [6.45, 7) is 8.22. The molecule has 2 heterocycles. The van der Waals surface area contributed by atoms with E-state index in [1.807, 2.05) is 13.0 Å². The van der Waals surface area contributed by atoms with Crippen molar-refractivity contribution in [2.24, 2.45) is 17.3 Å². The molecule has 136 valence electrons. The van der Waals surface area contributed by atoms with Gasteiger partial charge in [0.2, 0.25) is 5.76 Å². The molecule has 0 saturated carbocycles. The molecule has 4 atom stereocenters. The van der Waals surface area contributed by atoms with Gasteiger partial charge in [0, 0.05) is 28.9 Å². The monoisotopic (exact) mass is 354 g/mol. The van der Waals surface area contributed by atoms with E-state index in [0.29, 0.717) is 17.8 Å². The number of carbonyl (C=O) groups excluding carboxylic acids is 2. The van der Waals surface area contributed by atoms with Gasteiger partial charge in [-0.15, -0.1) is 0 Å². The first kappa shape index (κ1) is 16.9. The molecule has 0 amide bonds. The number of rotatable bonds is 2. The van der Waals surface area contributed by atoms with Gasteiger partial charge in [-0.05, 0) is 36.6 Å². The molecule has 0 aromatic carbocycles. The third kappa shape index (κ3) is 2.23. The summed E-state index contributed by atoms with van der Waals surface area (Å²) in [6, 6.07) is 3.27. The standard InChI is InChI=1S/C21H22O5/c1-11-18-13(3)21(4)12(2)15(25-20(23)16-6-5-9-24-16)8-7-14(21)10-17(18)26-19(11)22/h5-7,9-10,12-13,15H,8H2,1-4H3/t12-,13-,15-,21-/m0/s1. The van der Waals surface area contributed by atoms with E-state index in [-0.39, 0.29) is 35.1 Å². The van der Waals surface area contributed by atoms with E-state index in [9.17, 15) is 9.59 Å². The van der Waals surface area contributed by atoms with Gasteiger partial charge in [0.15, 0.2) is 0 Å². The van der Waals surface area contributed by atoms with Crippen LogP contribution in [0.15, 0.2) is 57.4 Å². The fourth-order valence-corrected chi connectivity index (χ4v) is 4.53. The summed E-state index contributed by atoms with van der Waals surface area (Å²) >= 11 is 0. The normalized spacial score (nSPS) is 33.1. The summed E-state index contributed by atoms with van der Waals surface area (Å²) in [5, 5.41) is 0. The second-order valence-electron chi connectivity index (χ2n) is 7.55. The second-order valence-corrected chi connectivity index (χ2v) is 7.55. The third-order valence-electron chi connectivity index (χ3n) is 6.47. The summed E-state index contributed by atoms with van der Waals surface area (Å²) in [7, 11) is 0. The topological polar surface area (TPSA) is 65.7 Å². The van der Waals surface area contributed by atoms with E-state index < -0.39 is 5.97 Å². The van der Waals surface area contributed by atoms with Crippen molar-refractivity contribution in [3.8, 4) is 0 Å². The van der Waals surface area contributed by atoms with Crippen molar-refractivity contribution in [3.05, 3.63) is 58.8 Å². The maximum atomic E-state index is 12.3. The maximum Gasteiger partial charge on any atom is 0.374 e. The molecule has 0 N–H and O–H groups in total. The molecule has 0 bridgehead atoms. The minimum absolute atomic E-state index is 0.0743. The number of furan rings is 1. The third-order valence-corrected chi connectivity index (χ3v) is 6.47. The van der Waals surface area contributed by atoms with Gasteiger partial charge in [0.25, 0.3) is 0 Å². The van der Waals surface area contributed by atoms with Crippen molar-refractivity contribution < 1.29 is 23.5 Å². The molecule has 0 radical (unpaired) electrons. The molecule has 0 spiro atoms. The average molecular weight is 354 g/mol. The highest BCUT2D eigenvalue weighted by atomic mass is 16.6. The molecule has 0 saturated heterocycles. The van der Waals surface area contributed by atoms with Crippen molar-refractivity contribution in [1.82, 2.24) is 0 Å². The molecule has 0 unspecified atom stereocenters. The Labute approximate surface area is 152 Å². The summed E-state index contributed by atoms with van der Waals surface area (Å²) in [5.74, 6) is 0.327. The molecule has 1 aromatic heterocycles. The first-order valence-electron chi connectivity index (χ1n) is 8.94. The van der Waals surface area contributed by atoms with Gasteiger partial charge in [-0.3, -0.25) is 0 Å². The molecule has 3 aliphatic rings. The van der Waals surface area contributed by atoms with Crippen LogP contribution in [0, 0.1) is 17.3 Å². The minimum Gasteiger partial charge on any atom is -0.457 e. The van der Waals surface area contributed by atoms with Crippen molar-refractivity contribution in [1.29, 1.82) is 0 Å². The Morgan fingerprint density at radius 1 is 1.35 bits per heavy atom. The fraction of sp³-hybridized carbons (Fsp3) is 0.429. The maximum absolute atomic E-state index is 12.3. The summed E-state index contributed by atoms with van der Waals surface area (Å²) in [6.07, 6.45) is 5.91. The van der Waals surface area contributed by atoms with Crippen molar-refractivity contribution in [3.63, 3.8) is 0 Å². The van der Waals surface area contributed by atoms with Crippen LogP contribution < -0.4 is 0 Å². The van der Waals surface area contributed by atoms with Gasteiger partial charge in [-0.2, -0.15) is 0 Å². The Bertz CT molecular complexity index is 870. The van der Waals surface area contributed by atoms with Gasteiger partial charge < -0.3 is 13.9 Å².